The number of rotatable bonds is 4. The molecule has 7 heteroatoms. The van der Waals surface area contributed by atoms with Crippen LogP contribution < -0.4 is 4.90 Å². The zero-order chi connectivity index (χ0) is 18.1. The van der Waals surface area contributed by atoms with Crippen LogP contribution in [0.4, 0.5) is 5.95 Å². The Labute approximate surface area is 167 Å². The second kappa shape index (κ2) is 7.63. The monoisotopic (exact) mass is 408 g/mol. The van der Waals surface area contributed by atoms with E-state index in [4.69, 9.17) is 34.8 Å². The maximum Gasteiger partial charge on any atom is 0.205 e. The molecule has 0 unspecified atom stereocenters. The lowest BCUT2D eigenvalue weighted by molar-refractivity contribution is 0.380. The molecule has 1 aliphatic rings. The maximum absolute atomic E-state index is 6.09. The standard InChI is InChI=1S/C19H19Cl3N4/c20-14-9-13(10-15(21)11-14)2-1-12-5-7-26(8-6-12)19-23-16-3-4-17(22)24-18(16)25-19/h3-4,9-12H,1-2,5-8H2,(H,23,24,25). The zero-order valence-corrected chi connectivity index (χ0v) is 16.5. The molecule has 0 atom stereocenters. The molecule has 3 aromatic rings. The van der Waals surface area contributed by atoms with Crippen LogP contribution in [0.15, 0.2) is 30.3 Å². The molecule has 1 fully saturated rings. The Kier molecular flexibility index (Phi) is 5.25. The van der Waals surface area contributed by atoms with Gasteiger partial charge in [-0.1, -0.05) is 34.8 Å². The van der Waals surface area contributed by atoms with Crippen molar-refractivity contribution in [3.8, 4) is 0 Å². The first kappa shape index (κ1) is 17.9. The van der Waals surface area contributed by atoms with Gasteiger partial charge in [-0.05, 0) is 67.5 Å². The lowest BCUT2D eigenvalue weighted by Gasteiger charge is -2.31. The fraction of sp³-hybridized carbons (Fsp3) is 0.368. The van der Waals surface area contributed by atoms with Crippen LogP contribution >= 0.6 is 34.8 Å². The summed E-state index contributed by atoms with van der Waals surface area (Å²) < 4.78 is 0. The van der Waals surface area contributed by atoms with Gasteiger partial charge in [0.25, 0.3) is 0 Å². The van der Waals surface area contributed by atoms with Crippen molar-refractivity contribution in [3.63, 3.8) is 0 Å². The number of piperidine rings is 1. The van der Waals surface area contributed by atoms with Gasteiger partial charge in [0, 0.05) is 23.1 Å². The predicted octanol–water partition coefficient (Wildman–Crippen LogP) is 5.77. The SMILES string of the molecule is Clc1cc(Cl)cc(CCC2CCN(c3nc4nc(Cl)ccc4[nH]3)CC2)c1. The molecule has 136 valence electrons. The summed E-state index contributed by atoms with van der Waals surface area (Å²) in [6, 6.07) is 9.49. The molecule has 1 aliphatic heterocycles. The summed E-state index contributed by atoms with van der Waals surface area (Å²) in [6.07, 6.45) is 4.47. The summed E-state index contributed by atoms with van der Waals surface area (Å²) in [7, 11) is 0. The van der Waals surface area contributed by atoms with E-state index < -0.39 is 0 Å². The Balaban J connectivity index is 1.34. The molecule has 0 radical (unpaired) electrons. The average molecular weight is 410 g/mol. The number of H-pyrrole nitrogens is 1. The quantitative estimate of drug-likeness (QED) is 0.556. The molecule has 0 saturated carbocycles. The highest BCUT2D eigenvalue weighted by molar-refractivity contribution is 6.34. The number of hydrogen-bond donors (Lipinski definition) is 1. The van der Waals surface area contributed by atoms with Gasteiger partial charge in [0.15, 0.2) is 5.65 Å². The molecule has 0 spiro atoms. The Hall–Kier alpha value is -1.49. The van der Waals surface area contributed by atoms with Crippen LogP contribution in [0.3, 0.4) is 0 Å². The van der Waals surface area contributed by atoms with Gasteiger partial charge in [-0.3, -0.25) is 0 Å². The predicted molar refractivity (Wildman–Crippen MR) is 109 cm³/mol. The van der Waals surface area contributed by atoms with Crippen molar-refractivity contribution in [2.24, 2.45) is 5.92 Å². The fourth-order valence-corrected chi connectivity index (χ4v) is 4.28. The molecule has 26 heavy (non-hydrogen) atoms. The minimum Gasteiger partial charge on any atom is -0.342 e. The van der Waals surface area contributed by atoms with Crippen LogP contribution in [0.1, 0.15) is 24.8 Å². The number of halogens is 3. The molecule has 4 rings (SSSR count). The van der Waals surface area contributed by atoms with Crippen molar-refractivity contribution < 1.29 is 0 Å². The molecule has 0 amide bonds. The molecule has 4 nitrogen and oxygen atoms in total. The molecule has 2 aromatic heterocycles. The first-order valence-electron chi connectivity index (χ1n) is 8.79. The summed E-state index contributed by atoms with van der Waals surface area (Å²) >= 11 is 18.1. The first-order chi connectivity index (χ1) is 12.6. The van der Waals surface area contributed by atoms with Gasteiger partial charge in [-0.2, -0.15) is 4.98 Å². The third-order valence-electron chi connectivity index (χ3n) is 4.98. The van der Waals surface area contributed by atoms with Crippen molar-refractivity contribution in [2.45, 2.75) is 25.7 Å². The maximum atomic E-state index is 6.09. The van der Waals surface area contributed by atoms with Gasteiger partial charge >= 0.3 is 0 Å². The Morgan fingerprint density at radius 2 is 1.73 bits per heavy atom. The molecular weight excluding hydrogens is 391 g/mol. The Morgan fingerprint density at radius 3 is 2.46 bits per heavy atom. The number of aromatic nitrogens is 3. The summed E-state index contributed by atoms with van der Waals surface area (Å²) in [5.41, 5.74) is 2.81. The largest absolute Gasteiger partial charge is 0.342 e. The third-order valence-corrected chi connectivity index (χ3v) is 5.62. The van der Waals surface area contributed by atoms with E-state index >= 15 is 0 Å². The summed E-state index contributed by atoms with van der Waals surface area (Å²) in [5.74, 6) is 1.59. The van der Waals surface area contributed by atoms with Crippen LogP contribution in [0, 0.1) is 5.92 Å². The van der Waals surface area contributed by atoms with E-state index in [-0.39, 0.29) is 0 Å². The van der Waals surface area contributed by atoms with Crippen molar-refractivity contribution in [3.05, 3.63) is 51.1 Å². The van der Waals surface area contributed by atoms with E-state index in [1.165, 1.54) is 5.56 Å². The van der Waals surface area contributed by atoms with Gasteiger partial charge < -0.3 is 9.88 Å². The molecule has 1 saturated heterocycles. The highest BCUT2D eigenvalue weighted by atomic mass is 35.5. The minimum absolute atomic E-state index is 0.468. The fourth-order valence-electron chi connectivity index (χ4n) is 3.57. The van der Waals surface area contributed by atoms with Crippen LogP contribution in [0.25, 0.3) is 11.2 Å². The van der Waals surface area contributed by atoms with Crippen molar-refractivity contribution in [1.82, 2.24) is 15.0 Å². The van der Waals surface area contributed by atoms with Crippen LogP contribution in [-0.4, -0.2) is 28.0 Å². The number of hydrogen-bond acceptors (Lipinski definition) is 3. The normalized spacial score (nSPS) is 15.7. The third kappa shape index (κ3) is 4.08. The van der Waals surface area contributed by atoms with Gasteiger partial charge in [-0.15, -0.1) is 0 Å². The number of nitrogens with one attached hydrogen (secondary N) is 1. The van der Waals surface area contributed by atoms with E-state index in [1.54, 1.807) is 12.1 Å². The number of anilines is 1. The van der Waals surface area contributed by atoms with Gasteiger partial charge in [0.05, 0.1) is 5.52 Å². The molecule has 0 bridgehead atoms. The number of pyridine rings is 1. The highest BCUT2D eigenvalue weighted by Gasteiger charge is 2.21. The van der Waals surface area contributed by atoms with Crippen LogP contribution in [0.5, 0.6) is 0 Å². The molecule has 0 aliphatic carbocycles. The minimum atomic E-state index is 0.468. The number of imidazole rings is 1. The molecule has 1 N–H and O–H groups in total. The molecular formula is C19H19Cl3N4. The number of aryl methyl sites for hydroxylation is 1. The van der Waals surface area contributed by atoms with Gasteiger partial charge in [0.2, 0.25) is 5.95 Å². The molecule has 3 heterocycles. The Bertz CT molecular complexity index is 896. The van der Waals surface area contributed by atoms with E-state index in [1.807, 2.05) is 18.2 Å². The summed E-state index contributed by atoms with van der Waals surface area (Å²) in [6.45, 7) is 1.99. The molecule has 1 aromatic carbocycles. The first-order valence-corrected chi connectivity index (χ1v) is 9.92. The summed E-state index contributed by atoms with van der Waals surface area (Å²) in [5, 5.41) is 1.89. The number of fused-ring (bicyclic) bond motifs is 1. The van der Waals surface area contributed by atoms with Crippen molar-refractivity contribution in [1.29, 1.82) is 0 Å². The lowest BCUT2D eigenvalue weighted by atomic mass is 9.90. The van der Waals surface area contributed by atoms with E-state index in [2.05, 4.69) is 19.9 Å². The number of nitrogens with zero attached hydrogens (tertiary/aromatic N) is 3. The van der Waals surface area contributed by atoms with E-state index in [0.717, 1.165) is 50.2 Å². The second-order valence-corrected chi connectivity index (χ2v) is 8.07. The van der Waals surface area contributed by atoms with Gasteiger partial charge in [-0.25, -0.2) is 4.98 Å². The van der Waals surface area contributed by atoms with Crippen molar-refractivity contribution >= 4 is 51.9 Å². The topological polar surface area (TPSA) is 44.8 Å². The van der Waals surface area contributed by atoms with Crippen LogP contribution in [-0.2, 0) is 6.42 Å². The number of aromatic amines is 1. The average Bonchev–Trinajstić information content (AvgIpc) is 3.03. The lowest BCUT2D eigenvalue weighted by Crippen LogP contribution is -2.34. The van der Waals surface area contributed by atoms with Crippen LogP contribution in [0.2, 0.25) is 15.2 Å². The van der Waals surface area contributed by atoms with E-state index in [9.17, 15) is 0 Å². The highest BCUT2D eigenvalue weighted by Crippen LogP contribution is 2.27. The summed E-state index contributed by atoms with van der Waals surface area (Å²) in [4.78, 5) is 14.5. The second-order valence-electron chi connectivity index (χ2n) is 6.81. The van der Waals surface area contributed by atoms with Gasteiger partial charge in [0.1, 0.15) is 5.15 Å². The van der Waals surface area contributed by atoms with E-state index in [0.29, 0.717) is 26.8 Å². The smallest absolute Gasteiger partial charge is 0.205 e. The Morgan fingerprint density at radius 1 is 1.00 bits per heavy atom. The van der Waals surface area contributed by atoms with Crippen molar-refractivity contribution in [2.75, 3.05) is 18.0 Å². The number of benzene rings is 1. The zero-order valence-electron chi connectivity index (χ0n) is 14.2.